The van der Waals surface area contributed by atoms with Gasteiger partial charge in [0.1, 0.15) is 0 Å². The van der Waals surface area contributed by atoms with Crippen LogP contribution in [0.3, 0.4) is 0 Å². The van der Waals surface area contributed by atoms with Crippen molar-refractivity contribution < 1.29 is 13.2 Å². The summed E-state index contributed by atoms with van der Waals surface area (Å²) in [5.74, 6) is -1.98. The third-order valence-electron chi connectivity index (χ3n) is 5.82. The maximum atomic E-state index is 13.3. The minimum Gasteiger partial charge on any atom is -0.204 e. The highest BCUT2D eigenvalue weighted by molar-refractivity contribution is 5.19. The first-order valence-corrected chi connectivity index (χ1v) is 10.2. The maximum Gasteiger partial charge on any atom is 0.194 e. The molecule has 1 aliphatic carbocycles. The molecule has 1 aromatic carbocycles. The number of unbranched alkanes of at least 4 members (excludes halogenated alkanes) is 5. The molecule has 1 fully saturated rings. The van der Waals surface area contributed by atoms with Gasteiger partial charge in [0, 0.05) is 0 Å². The zero-order chi connectivity index (χ0) is 18.1. The summed E-state index contributed by atoms with van der Waals surface area (Å²) in [6.07, 6.45) is 16.2. The van der Waals surface area contributed by atoms with E-state index in [2.05, 4.69) is 6.92 Å². The molecular weight excluding hydrogens is 321 g/mol. The second-order valence-electron chi connectivity index (χ2n) is 7.86. The zero-order valence-corrected chi connectivity index (χ0v) is 15.6. The van der Waals surface area contributed by atoms with Crippen molar-refractivity contribution in [1.82, 2.24) is 0 Å². The summed E-state index contributed by atoms with van der Waals surface area (Å²) in [5, 5.41) is 0. The average molecular weight is 355 g/mol. The summed E-state index contributed by atoms with van der Waals surface area (Å²) in [7, 11) is 0. The summed E-state index contributed by atoms with van der Waals surface area (Å²) in [6.45, 7) is 2.25. The summed E-state index contributed by atoms with van der Waals surface area (Å²) >= 11 is 0. The van der Waals surface area contributed by atoms with Crippen molar-refractivity contribution in [2.75, 3.05) is 0 Å². The molecule has 0 atom stereocenters. The molecule has 142 valence electrons. The Kier molecular flexibility index (Phi) is 8.84. The highest BCUT2D eigenvalue weighted by atomic mass is 19.2. The van der Waals surface area contributed by atoms with Crippen molar-refractivity contribution in [2.45, 2.75) is 90.4 Å². The minimum atomic E-state index is -1.36. The fraction of sp³-hybridized carbons (Fsp3) is 0.727. The molecule has 0 nitrogen and oxygen atoms in total. The van der Waals surface area contributed by atoms with Gasteiger partial charge >= 0.3 is 0 Å². The summed E-state index contributed by atoms with van der Waals surface area (Å²) in [5.41, 5.74) is 0.575. The Hall–Kier alpha value is -0.990. The maximum absolute atomic E-state index is 13.3. The first-order chi connectivity index (χ1) is 12.1. The largest absolute Gasteiger partial charge is 0.204 e. The predicted molar refractivity (Wildman–Crippen MR) is 98.1 cm³/mol. The van der Waals surface area contributed by atoms with Gasteiger partial charge in [-0.3, -0.25) is 0 Å². The molecule has 2 rings (SSSR count). The standard InChI is InChI=1S/C22H33F3/c1-2-3-4-5-6-7-8-17-9-11-18(12-10-17)13-14-19-15-20(23)22(25)21(24)16-19/h15-18H,2-14H2,1H3/t17-,18-. The molecule has 0 heterocycles. The molecule has 0 bridgehead atoms. The number of benzene rings is 1. The van der Waals surface area contributed by atoms with Crippen LogP contribution in [0.5, 0.6) is 0 Å². The van der Waals surface area contributed by atoms with E-state index in [4.69, 9.17) is 0 Å². The number of halogens is 3. The van der Waals surface area contributed by atoms with Crippen molar-refractivity contribution in [3.63, 3.8) is 0 Å². The fourth-order valence-electron chi connectivity index (χ4n) is 4.15. The van der Waals surface area contributed by atoms with E-state index in [0.717, 1.165) is 24.5 Å². The highest BCUT2D eigenvalue weighted by Crippen LogP contribution is 2.34. The quantitative estimate of drug-likeness (QED) is 0.300. The molecule has 0 unspecified atom stereocenters. The fourth-order valence-corrected chi connectivity index (χ4v) is 4.15. The highest BCUT2D eigenvalue weighted by Gasteiger charge is 2.21. The molecule has 25 heavy (non-hydrogen) atoms. The van der Waals surface area contributed by atoms with Crippen LogP contribution in [0, 0.1) is 29.3 Å². The molecule has 0 N–H and O–H groups in total. The summed E-state index contributed by atoms with van der Waals surface area (Å²) in [4.78, 5) is 0. The Balaban J connectivity index is 1.61. The van der Waals surface area contributed by atoms with Crippen molar-refractivity contribution >= 4 is 0 Å². The zero-order valence-electron chi connectivity index (χ0n) is 15.6. The molecule has 0 aromatic heterocycles. The molecule has 0 aliphatic heterocycles. The molecule has 1 aromatic rings. The average Bonchev–Trinajstić information content (AvgIpc) is 2.61. The van der Waals surface area contributed by atoms with Crippen molar-refractivity contribution in [1.29, 1.82) is 0 Å². The van der Waals surface area contributed by atoms with Gasteiger partial charge in [-0.25, -0.2) is 13.2 Å². The molecule has 0 amide bonds. The van der Waals surface area contributed by atoms with Gasteiger partial charge in [-0.2, -0.15) is 0 Å². The van der Waals surface area contributed by atoms with Gasteiger partial charge in [-0.15, -0.1) is 0 Å². The van der Waals surface area contributed by atoms with Crippen LogP contribution >= 0.6 is 0 Å². The van der Waals surface area contributed by atoms with E-state index in [1.165, 1.54) is 70.6 Å². The Morgan fingerprint density at radius 2 is 1.28 bits per heavy atom. The van der Waals surface area contributed by atoms with Gasteiger partial charge in [0.2, 0.25) is 0 Å². The lowest BCUT2D eigenvalue weighted by Gasteiger charge is -2.28. The Bertz CT molecular complexity index is 481. The van der Waals surface area contributed by atoms with Crippen LogP contribution in [0.4, 0.5) is 13.2 Å². The Labute approximate surface area is 151 Å². The normalized spacial score (nSPS) is 20.8. The van der Waals surface area contributed by atoms with E-state index in [-0.39, 0.29) is 0 Å². The van der Waals surface area contributed by atoms with E-state index in [9.17, 15) is 13.2 Å². The van der Waals surface area contributed by atoms with E-state index in [0.29, 0.717) is 17.9 Å². The third-order valence-corrected chi connectivity index (χ3v) is 5.82. The SMILES string of the molecule is CCCCCCCC[C@H]1CC[C@H](CCc2cc(F)c(F)c(F)c2)CC1. The van der Waals surface area contributed by atoms with Crippen LogP contribution in [0.1, 0.15) is 89.5 Å². The molecule has 0 spiro atoms. The Morgan fingerprint density at radius 3 is 1.88 bits per heavy atom. The van der Waals surface area contributed by atoms with E-state index >= 15 is 0 Å². The van der Waals surface area contributed by atoms with Crippen LogP contribution in [0.25, 0.3) is 0 Å². The van der Waals surface area contributed by atoms with Gasteiger partial charge in [0.15, 0.2) is 17.5 Å². The predicted octanol–water partition coefficient (Wildman–Crippen LogP) is 7.59. The third kappa shape index (κ3) is 7.03. The van der Waals surface area contributed by atoms with Crippen LogP contribution < -0.4 is 0 Å². The van der Waals surface area contributed by atoms with E-state index < -0.39 is 17.5 Å². The molecule has 1 saturated carbocycles. The van der Waals surface area contributed by atoms with Crippen LogP contribution in [0.2, 0.25) is 0 Å². The van der Waals surface area contributed by atoms with Gasteiger partial charge in [0.05, 0.1) is 0 Å². The van der Waals surface area contributed by atoms with Crippen molar-refractivity contribution in [2.24, 2.45) is 11.8 Å². The second-order valence-corrected chi connectivity index (χ2v) is 7.86. The van der Waals surface area contributed by atoms with Crippen LogP contribution in [-0.2, 0) is 6.42 Å². The minimum absolute atomic E-state index is 0.575. The first kappa shape index (κ1) is 20.3. The number of hydrogen-bond acceptors (Lipinski definition) is 0. The molecule has 3 heteroatoms. The smallest absolute Gasteiger partial charge is 0.194 e. The molecule has 0 saturated heterocycles. The van der Waals surface area contributed by atoms with E-state index in [1.54, 1.807) is 0 Å². The number of aryl methyl sites for hydroxylation is 1. The lowest BCUT2D eigenvalue weighted by molar-refractivity contribution is 0.248. The summed E-state index contributed by atoms with van der Waals surface area (Å²) < 4.78 is 39.5. The number of hydrogen-bond donors (Lipinski definition) is 0. The van der Waals surface area contributed by atoms with Crippen LogP contribution in [0.15, 0.2) is 12.1 Å². The molecule has 1 aliphatic rings. The topological polar surface area (TPSA) is 0 Å². The first-order valence-electron chi connectivity index (χ1n) is 10.2. The lowest BCUT2D eigenvalue weighted by atomic mass is 9.77. The Morgan fingerprint density at radius 1 is 0.760 bits per heavy atom. The monoisotopic (exact) mass is 354 g/mol. The van der Waals surface area contributed by atoms with Gasteiger partial charge in [-0.1, -0.05) is 77.6 Å². The molecular formula is C22H33F3. The molecule has 0 radical (unpaired) electrons. The number of rotatable bonds is 10. The lowest BCUT2D eigenvalue weighted by Crippen LogP contribution is -2.15. The van der Waals surface area contributed by atoms with Gasteiger partial charge in [-0.05, 0) is 42.4 Å². The van der Waals surface area contributed by atoms with Gasteiger partial charge < -0.3 is 0 Å². The second kappa shape index (κ2) is 10.9. The van der Waals surface area contributed by atoms with Crippen LogP contribution in [-0.4, -0.2) is 0 Å². The summed E-state index contributed by atoms with van der Waals surface area (Å²) in [6, 6.07) is 2.28. The van der Waals surface area contributed by atoms with Crippen molar-refractivity contribution in [3.8, 4) is 0 Å². The van der Waals surface area contributed by atoms with Crippen molar-refractivity contribution in [3.05, 3.63) is 35.1 Å². The van der Waals surface area contributed by atoms with E-state index in [1.807, 2.05) is 0 Å². The van der Waals surface area contributed by atoms with Gasteiger partial charge in [0.25, 0.3) is 0 Å².